The van der Waals surface area contributed by atoms with Gasteiger partial charge in [0.05, 0.1) is 0 Å². The molecule has 0 aromatic rings. The summed E-state index contributed by atoms with van der Waals surface area (Å²) in [5, 5.41) is 3.05. The van der Waals surface area contributed by atoms with Crippen molar-refractivity contribution >= 4 is 0 Å². The Hall–Kier alpha value is -0.960. The molecular weight excluding hydrogens is 126 g/mol. The molecule has 0 bridgehead atoms. The Bertz CT molecular complexity index is 201. The van der Waals surface area contributed by atoms with Gasteiger partial charge in [-0.1, -0.05) is 0 Å². The van der Waals surface area contributed by atoms with E-state index in [4.69, 9.17) is 11.5 Å². The summed E-state index contributed by atoms with van der Waals surface area (Å²) in [6.45, 7) is 3.80. The third-order valence-electron chi connectivity index (χ3n) is 1.57. The Balaban J connectivity index is 2.89. The minimum atomic E-state index is -0.571. The van der Waals surface area contributed by atoms with Crippen molar-refractivity contribution in [3.8, 4) is 0 Å². The van der Waals surface area contributed by atoms with Crippen LogP contribution in [0.1, 0.15) is 13.8 Å². The SMILES string of the molecule is CC1=CC=C(N)C(C)(N)N1. The van der Waals surface area contributed by atoms with Gasteiger partial charge in [-0.05, 0) is 26.0 Å². The van der Waals surface area contributed by atoms with E-state index in [9.17, 15) is 0 Å². The highest BCUT2D eigenvalue weighted by molar-refractivity contribution is 5.28. The first-order chi connectivity index (χ1) is 4.52. The lowest BCUT2D eigenvalue weighted by atomic mass is 10.1. The number of hydrogen-bond acceptors (Lipinski definition) is 3. The molecule has 0 aromatic heterocycles. The predicted molar refractivity (Wildman–Crippen MR) is 41.8 cm³/mol. The fraction of sp³-hybridized carbons (Fsp3) is 0.429. The normalized spacial score (nSPS) is 32.3. The lowest BCUT2D eigenvalue weighted by Crippen LogP contribution is -2.54. The summed E-state index contributed by atoms with van der Waals surface area (Å²) in [6, 6.07) is 0. The summed E-state index contributed by atoms with van der Waals surface area (Å²) in [4.78, 5) is 0. The molecule has 0 amide bonds. The Morgan fingerprint density at radius 1 is 1.50 bits per heavy atom. The van der Waals surface area contributed by atoms with Gasteiger partial charge >= 0.3 is 0 Å². The lowest BCUT2D eigenvalue weighted by molar-refractivity contribution is 0.463. The smallest absolute Gasteiger partial charge is 0.123 e. The molecule has 3 heteroatoms. The molecule has 1 heterocycles. The van der Waals surface area contributed by atoms with Crippen molar-refractivity contribution in [3.05, 3.63) is 23.5 Å². The van der Waals surface area contributed by atoms with E-state index in [0.29, 0.717) is 5.70 Å². The third-order valence-corrected chi connectivity index (χ3v) is 1.57. The van der Waals surface area contributed by atoms with E-state index in [1.807, 2.05) is 26.0 Å². The van der Waals surface area contributed by atoms with Gasteiger partial charge in [0.15, 0.2) is 0 Å². The average Bonchev–Trinajstić information content (AvgIpc) is 1.78. The second kappa shape index (κ2) is 2.02. The van der Waals surface area contributed by atoms with Crippen molar-refractivity contribution in [2.24, 2.45) is 11.5 Å². The van der Waals surface area contributed by atoms with E-state index < -0.39 is 5.66 Å². The number of dihydropyridines is 1. The molecule has 1 aliphatic rings. The van der Waals surface area contributed by atoms with Gasteiger partial charge < -0.3 is 16.8 Å². The van der Waals surface area contributed by atoms with Crippen LogP contribution in [0.15, 0.2) is 23.5 Å². The molecule has 0 spiro atoms. The van der Waals surface area contributed by atoms with Crippen molar-refractivity contribution < 1.29 is 0 Å². The summed E-state index contributed by atoms with van der Waals surface area (Å²) in [7, 11) is 0. The Morgan fingerprint density at radius 3 is 2.50 bits per heavy atom. The lowest BCUT2D eigenvalue weighted by Gasteiger charge is -2.30. The average molecular weight is 139 g/mol. The highest BCUT2D eigenvalue weighted by Gasteiger charge is 2.22. The van der Waals surface area contributed by atoms with Gasteiger partial charge in [-0.2, -0.15) is 0 Å². The van der Waals surface area contributed by atoms with Gasteiger partial charge in [-0.15, -0.1) is 0 Å². The number of nitrogens with two attached hydrogens (primary N) is 2. The van der Waals surface area contributed by atoms with Gasteiger partial charge in [0.1, 0.15) is 5.66 Å². The van der Waals surface area contributed by atoms with E-state index in [1.54, 1.807) is 0 Å². The van der Waals surface area contributed by atoms with Crippen LogP contribution in [0.3, 0.4) is 0 Å². The van der Waals surface area contributed by atoms with Crippen LogP contribution in [0, 0.1) is 0 Å². The van der Waals surface area contributed by atoms with E-state index in [2.05, 4.69) is 5.32 Å². The predicted octanol–water partition coefficient (Wildman–Crippen LogP) is 0.0109. The molecule has 1 aliphatic heterocycles. The molecule has 5 N–H and O–H groups in total. The summed E-state index contributed by atoms with van der Waals surface area (Å²) in [5.74, 6) is 0. The summed E-state index contributed by atoms with van der Waals surface area (Å²) in [5.41, 5.74) is 12.5. The standard InChI is InChI=1S/C7H13N3/c1-5-3-4-6(8)7(2,9)10-5/h3-4,10H,8-9H2,1-2H3. The second-order valence-electron chi connectivity index (χ2n) is 2.80. The zero-order valence-corrected chi connectivity index (χ0v) is 6.31. The van der Waals surface area contributed by atoms with Gasteiger partial charge in [-0.25, -0.2) is 0 Å². The van der Waals surface area contributed by atoms with Gasteiger partial charge in [0.2, 0.25) is 0 Å². The van der Waals surface area contributed by atoms with Crippen molar-refractivity contribution in [1.82, 2.24) is 5.32 Å². The fourth-order valence-corrected chi connectivity index (χ4v) is 0.911. The van der Waals surface area contributed by atoms with Crippen LogP contribution in [0.2, 0.25) is 0 Å². The summed E-state index contributed by atoms with van der Waals surface area (Å²) < 4.78 is 0. The fourth-order valence-electron chi connectivity index (χ4n) is 0.911. The van der Waals surface area contributed by atoms with Gasteiger partial charge in [0.25, 0.3) is 0 Å². The minimum absolute atomic E-state index is 0.571. The Labute approximate surface area is 60.8 Å². The number of nitrogens with one attached hydrogen (secondary N) is 1. The van der Waals surface area contributed by atoms with Crippen LogP contribution in [0.25, 0.3) is 0 Å². The van der Waals surface area contributed by atoms with Crippen molar-refractivity contribution in [1.29, 1.82) is 0 Å². The molecule has 0 fully saturated rings. The Morgan fingerprint density at radius 2 is 2.10 bits per heavy atom. The summed E-state index contributed by atoms with van der Waals surface area (Å²) >= 11 is 0. The molecule has 10 heavy (non-hydrogen) atoms. The quantitative estimate of drug-likeness (QED) is 0.443. The van der Waals surface area contributed by atoms with Gasteiger partial charge in [0, 0.05) is 11.4 Å². The molecule has 3 nitrogen and oxygen atoms in total. The minimum Gasteiger partial charge on any atom is -0.399 e. The van der Waals surface area contributed by atoms with E-state index in [1.165, 1.54) is 0 Å². The Kier molecular flexibility index (Phi) is 1.45. The zero-order valence-electron chi connectivity index (χ0n) is 6.31. The first-order valence-corrected chi connectivity index (χ1v) is 3.24. The molecular formula is C7H13N3. The molecule has 1 atom stereocenters. The van der Waals surface area contributed by atoms with Crippen molar-refractivity contribution in [2.75, 3.05) is 0 Å². The topological polar surface area (TPSA) is 64.1 Å². The van der Waals surface area contributed by atoms with Crippen LogP contribution in [-0.2, 0) is 0 Å². The molecule has 0 aliphatic carbocycles. The zero-order chi connectivity index (χ0) is 7.78. The monoisotopic (exact) mass is 139 g/mol. The molecule has 0 aromatic carbocycles. The van der Waals surface area contributed by atoms with Crippen LogP contribution < -0.4 is 16.8 Å². The number of rotatable bonds is 0. The maximum absolute atomic E-state index is 5.77. The van der Waals surface area contributed by atoms with E-state index in [0.717, 1.165) is 5.70 Å². The maximum atomic E-state index is 5.77. The summed E-state index contributed by atoms with van der Waals surface area (Å²) in [6.07, 6.45) is 3.73. The van der Waals surface area contributed by atoms with Gasteiger partial charge in [-0.3, -0.25) is 0 Å². The molecule has 1 unspecified atom stereocenters. The van der Waals surface area contributed by atoms with E-state index in [-0.39, 0.29) is 0 Å². The molecule has 1 rings (SSSR count). The van der Waals surface area contributed by atoms with Crippen molar-refractivity contribution in [2.45, 2.75) is 19.5 Å². The van der Waals surface area contributed by atoms with Crippen LogP contribution >= 0.6 is 0 Å². The molecule has 0 saturated carbocycles. The third kappa shape index (κ3) is 1.14. The van der Waals surface area contributed by atoms with Crippen LogP contribution in [-0.4, -0.2) is 5.66 Å². The van der Waals surface area contributed by atoms with Crippen LogP contribution in [0.4, 0.5) is 0 Å². The molecule has 0 saturated heterocycles. The first kappa shape index (κ1) is 7.15. The maximum Gasteiger partial charge on any atom is 0.123 e. The molecule has 0 radical (unpaired) electrons. The second-order valence-corrected chi connectivity index (χ2v) is 2.80. The highest BCUT2D eigenvalue weighted by atomic mass is 15.1. The number of allylic oxidation sites excluding steroid dienone is 3. The van der Waals surface area contributed by atoms with Crippen molar-refractivity contribution in [3.63, 3.8) is 0 Å². The highest BCUT2D eigenvalue weighted by Crippen LogP contribution is 2.11. The number of hydrogen-bond donors (Lipinski definition) is 3. The first-order valence-electron chi connectivity index (χ1n) is 3.24. The largest absolute Gasteiger partial charge is 0.399 e. The molecule has 56 valence electrons. The van der Waals surface area contributed by atoms with E-state index >= 15 is 0 Å². The van der Waals surface area contributed by atoms with Crippen LogP contribution in [0.5, 0.6) is 0 Å².